The molecule has 0 aliphatic carbocycles. The first-order valence-electron chi connectivity index (χ1n) is 12.2. The fraction of sp³-hybridized carbons (Fsp3) is 0.407. The minimum atomic E-state index is -0.283. The summed E-state index contributed by atoms with van der Waals surface area (Å²) in [6.07, 6.45) is 3.54. The molecule has 0 saturated carbocycles. The number of amides is 1. The molecule has 0 spiro atoms. The second-order valence-electron chi connectivity index (χ2n) is 9.01. The maximum Gasteiger partial charge on any atom is 0.270 e. The molecule has 36 heavy (non-hydrogen) atoms. The van der Waals surface area contributed by atoms with Crippen molar-refractivity contribution in [1.82, 2.24) is 9.47 Å². The van der Waals surface area contributed by atoms with E-state index in [1.807, 2.05) is 37.3 Å². The zero-order chi connectivity index (χ0) is 25.8. The number of rotatable bonds is 7. The number of carbonyl (C=O) groups is 1. The summed E-state index contributed by atoms with van der Waals surface area (Å²) in [6.45, 7) is 9.15. The van der Waals surface area contributed by atoms with Gasteiger partial charge >= 0.3 is 0 Å². The first-order chi connectivity index (χ1) is 17.3. The molecule has 2 saturated heterocycles. The molecule has 7 nitrogen and oxygen atoms in total. The summed E-state index contributed by atoms with van der Waals surface area (Å²) in [7, 11) is 0. The molecule has 188 valence electrons. The highest BCUT2D eigenvalue weighted by Crippen LogP contribution is 2.36. The van der Waals surface area contributed by atoms with E-state index >= 15 is 0 Å². The molecule has 2 aliphatic heterocycles. The molecule has 0 bridgehead atoms. The van der Waals surface area contributed by atoms with Gasteiger partial charge in [0.25, 0.3) is 11.5 Å². The molecular weight excluding hydrogens is 492 g/mol. The van der Waals surface area contributed by atoms with Gasteiger partial charge in [-0.1, -0.05) is 67.2 Å². The number of aryl methyl sites for hydroxylation is 1. The Morgan fingerprint density at radius 1 is 1.17 bits per heavy atom. The first kappa shape index (κ1) is 26.1. The number of hydrogen-bond acceptors (Lipinski definition) is 7. The largest absolute Gasteiger partial charge is 0.378 e. The lowest BCUT2D eigenvalue weighted by Gasteiger charge is -2.33. The Bertz CT molecular complexity index is 1300. The predicted octanol–water partition coefficient (Wildman–Crippen LogP) is 4.37. The highest BCUT2D eigenvalue weighted by Gasteiger charge is 2.33. The van der Waals surface area contributed by atoms with Crippen molar-refractivity contribution in [2.75, 3.05) is 31.2 Å². The van der Waals surface area contributed by atoms with Crippen molar-refractivity contribution >= 4 is 46.1 Å². The molecule has 2 aliphatic rings. The molecule has 0 radical (unpaired) electrons. The molecule has 0 unspecified atom stereocenters. The minimum Gasteiger partial charge on any atom is -0.378 e. The average Bonchev–Trinajstić information content (AvgIpc) is 3.14. The van der Waals surface area contributed by atoms with Crippen LogP contribution < -0.4 is 10.5 Å². The number of ether oxygens (including phenoxy) is 1. The van der Waals surface area contributed by atoms with E-state index in [1.54, 1.807) is 16.4 Å². The van der Waals surface area contributed by atoms with Crippen LogP contribution in [0.4, 0.5) is 5.82 Å². The van der Waals surface area contributed by atoms with E-state index in [0.717, 1.165) is 35.3 Å². The second kappa shape index (κ2) is 11.4. The summed E-state index contributed by atoms with van der Waals surface area (Å²) in [5.74, 6) is 0.583. The van der Waals surface area contributed by atoms with Crippen LogP contribution >= 0.6 is 24.0 Å². The summed E-state index contributed by atoms with van der Waals surface area (Å²) in [5, 5.41) is 9.84. The predicted molar refractivity (Wildman–Crippen MR) is 148 cm³/mol. The molecule has 2 fully saturated rings. The van der Waals surface area contributed by atoms with Crippen LogP contribution in [-0.4, -0.2) is 46.0 Å². The molecule has 4 rings (SSSR count). The smallest absolute Gasteiger partial charge is 0.270 e. The fourth-order valence-electron chi connectivity index (χ4n) is 4.43. The van der Waals surface area contributed by atoms with Crippen molar-refractivity contribution in [3.05, 3.63) is 67.3 Å². The average molecular weight is 523 g/mol. The van der Waals surface area contributed by atoms with Gasteiger partial charge < -0.3 is 9.64 Å². The van der Waals surface area contributed by atoms with Crippen LogP contribution in [-0.2, 0) is 22.6 Å². The van der Waals surface area contributed by atoms with Gasteiger partial charge in [0.2, 0.25) is 0 Å². The van der Waals surface area contributed by atoms with Crippen LogP contribution in [0, 0.1) is 25.2 Å². The Hall–Kier alpha value is -2.93. The summed E-state index contributed by atoms with van der Waals surface area (Å²) in [4.78, 5) is 31.0. The van der Waals surface area contributed by atoms with Crippen LogP contribution in [0.2, 0.25) is 0 Å². The molecule has 1 aromatic heterocycles. The van der Waals surface area contributed by atoms with E-state index in [-0.39, 0.29) is 17.0 Å². The van der Waals surface area contributed by atoms with Crippen LogP contribution in [0.1, 0.15) is 47.6 Å². The molecule has 1 aromatic carbocycles. The zero-order valence-corrected chi connectivity index (χ0v) is 22.5. The van der Waals surface area contributed by atoms with Gasteiger partial charge in [-0.15, -0.1) is 0 Å². The molecule has 1 amide bonds. The number of nitriles is 1. The highest BCUT2D eigenvalue weighted by atomic mass is 32.2. The molecule has 0 N–H and O–H groups in total. The van der Waals surface area contributed by atoms with Gasteiger partial charge in [0, 0.05) is 25.2 Å². The van der Waals surface area contributed by atoms with Gasteiger partial charge in [-0.05, 0) is 37.5 Å². The standard InChI is InChI=1S/C27H30N4O3S2/c1-4-5-10-30-24(29-11-13-34-14-12-29)21(19(3)22(16-28)25(30)32)15-23-26(33)31(27(35)36-23)17-20-8-6-18(2)7-9-20/h6-9,15H,4-5,10-14,17H2,1-3H3. The third kappa shape index (κ3) is 5.26. The number of thioether (sulfide) groups is 1. The number of aromatic nitrogens is 1. The molecule has 3 heterocycles. The van der Waals surface area contributed by atoms with E-state index in [2.05, 4.69) is 17.9 Å². The summed E-state index contributed by atoms with van der Waals surface area (Å²) >= 11 is 6.83. The van der Waals surface area contributed by atoms with Crippen molar-refractivity contribution in [2.24, 2.45) is 0 Å². The number of nitrogens with zero attached hydrogens (tertiary/aromatic N) is 4. The highest BCUT2D eigenvalue weighted by molar-refractivity contribution is 8.26. The van der Waals surface area contributed by atoms with E-state index in [4.69, 9.17) is 17.0 Å². The van der Waals surface area contributed by atoms with Gasteiger partial charge in [0.15, 0.2) is 0 Å². The van der Waals surface area contributed by atoms with Crippen molar-refractivity contribution in [1.29, 1.82) is 5.26 Å². The van der Waals surface area contributed by atoms with Crippen molar-refractivity contribution in [3.8, 4) is 6.07 Å². The van der Waals surface area contributed by atoms with E-state index in [9.17, 15) is 14.9 Å². The monoisotopic (exact) mass is 522 g/mol. The maximum absolute atomic E-state index is 13.5. The van der Waals surface area contributed by atoms with Crippen molar-refractivity contribution < 1.29 is 9.53 Å². The Kier molecular flexibility index (Phi) is 8.29. The summed E-state index contributed by atoms with van der Waals surface area (Å²) in [5.41, 5.74) is 3.30. The third-order valence-corrected chi connectivity index (χ3v) is 7.88. The fourth-order valence-corrected chi connectivity index (χ4v) is 5.66. The summed E-state index contributed by atoms with van der Waals surface area (Å²) in [6, 6.07) is 10.1. The lowest BCUT2D eigenvalue weighted by atomic mass is 10.0. The normalized spacial score (nSPS) is 17.2. The van der Waals surface area contributed by atoms with Gasteiger partial charge in [-0.2, -0.15) is 5.26 Å². The Morgan fingerprint density at radius 2 is 1.86 bits per heavy atom. The summed E-state index contributed by atoms with van der Waals surface area (Å²) < 4.78 is 7.76. The first-order valence-corrected chi connectivity index (χ1v) is 13.4. The van der Waals surface area contributed by atoms with Crippen LogP contribution in [0.25, 0.3) is 6.08 Å². The third-order valence-electron chi connectivity index (χ3n) is 6.50. The molecule has 9 heteroatoms. The number of hydrogen-bond donors (Lipinski definition) is 0. The van der Waals surface area contributed by atoms with Gasteiger partial charge in [-0.3, -0.25) is 19.1 Å². The Labute approximate surface area is 221 Å². The number of anilines is 1. The quantitative estimate of drug-likeness (QED) is 0.395. The molecule has 2 aromatic rings. The number of thiocarbonyl (C=S) groups is 1. The molecule has 0 atom stereocenters. The van der Waals surface area contributed by atoms with Gasteiger partial charge in [-0.25, -0.2) is 0 Å². The number of benzene rings is 1. The van der Waals surface area contributed by atoms with Crippen LogP contribution in [0.5, 0.6) is 0 Å². The Morgan fingerprint density at radius 3 is 2.50 bits per heavy atom. The van der Waals surface area contributed by atoms with Crippen LogP contribution in [0.15, 0.2) is 34.0 Å². The minimum absolute atomic E-state index is 0.115. The van der Waals surface area contributed by atoms with E-state index < -0.39 is 0 Å². The SMILES string of the molecule is CCCCn1c(N2CCOCC2)c(C=C2SC(=S)N(Cc3ccc(C)cc3)C2=O)c(C)c(C#N)c1=O. The Balaban J connectivity index is 1.80. The second-order valence-corrected chi connectivity index (χ2v) is 10.7. The number of pyridine rings is 1. The van der Waals surface area contributed by atoms with E-state index in [0.29, 0.717) is 54.2 Å². The molecular formula is C27H30N4O3S2. The number of morpholine rings is 1. The van der Waals surface area contributed by atoms with Gasteiger partial charge in [0.05, 0.1) is 24.7 Å². The lowest BCUT2D eigenvalue weighted by Crippen LogP contribution is -2.41. The lowest BCUT2D eigenvalue weighted by molar-refractivity contribution is -0.122. The zero-order valence-electron chi connectivity index (χ0n) is 20.9. The topological polar surface area (TPSA) is 78.6 Å². The maximum atomic E-state index is 13.5. The van der Waals surface area contributed by atoms with E-state index in [1.165, 1.54) is 11.8 Å². The van der Waals surface area contributed by atoms with Crippen molar-refractivity contribution in [3.63, 3.8) is 0 Å². The number of unbranched alkanes of at least 4 members (excludes halogenated alkanes) is 1. The number of carbonyl (C=O) groups excluding carboxylic acids is 1. The van der Waals surface area contributed by atoms with Crippen molar-refractivity contribution in [2.45, 2.75) is 46.7 Å². The van der Waals surface area contributed by atoms with Crippen LogP contribution in [0.3, 0.4) is 0 Å². The van der Waals surface area contributed by atoms with Gasteiger partial charge in [0.1, 0.15) is 21.8 Å².